The largest absolute Gasteiger partial charge is 0.482 e. The topological polar surface area (TPSA) is 87.7 Å². The van der Waals surface area contributed by atoms with Gasteiger partial charge in [-0.05, 0) is 24.3 Å². The molecular formula is C12H13ClN2O4. The van der Waals surface area contributed by atoms with E-state index in [4.69, 9.17) is 21.4 Å². The molecule has 0 radical (unpaired) electrons. The van der Waals surface area contributed by atoms with E-state index in [0.29, 0.717) is 16.5 Å². The van der Waals surface area contributed by atoms with Crippen LogP contribution in [0.3, 0.4) is 0 Å². The normalized spacial score (nSPS) is 9.53. The molecule has 7 heteroatoms. The van der Waals surface area contributed by atoms with Crippen LogP contribution < -0.4 is 15.4 Å². The number of carbonyl (C=O) groups excluding carboxylic acids is 1. The van der Waals surface area contributed by atoms with E-state index in [-0.39, 0.29) is 6.54 Å². The third kappa shape index (κ3) is 6.32. The van der Waals surface area contributed by atoms with E-state index < -0.39 is 18.6 Å². The first-order chi connectivity index (χ1) is 8.97. The Morgan fingerprint density at radius 3 is 2.47 bits per heavy atom. The Balaban J connectivity index is 2.45. The summed E-state index contributed by atoms with van der Waals surface area (Å²) in [5.74, 6) is -0.648. The van der Waals surface area contributed by atoms with Crippen molar-refractivity contribution in [2.75, 3.05) is 18.5 Å². The van der Waals surface area contributed by atoms with Crippen LogP contribution in [0.1, 0.15) is 0 Å². The predicted octanol–water partition coefficient (Wildman–Crippen LogP) is 2.02. The Hall–Kier alpha value is -2.21. The van der Waals surface area contributed by atoms with Gasteiger partial charge < -0.3 is 20.5 Å². The van der Waals surface area contributed by atoms with Crippen LogP contribution in [0, 0.1) is 0 Å². The molecule has 0 aliphatic heterocycles. The van der Waals surface area contributed by atoms with Crippen molar-refractivity contribution in [1.29, 1.82) is 0 Å². The van der Waals surface area contributed by atoms with Gasteiger partial charge in [-0.1, -0.05) is 18.2 Å². The number of carboxylic acid groups (broad SMARTS) is 1. The second kappa shape index (κ2) is 7.27. The molecule has 1 aromatic rings. The summed E-state index contributed by atoms with van der Waals surface area (Å²) >= 11 is 5.50. The van der Waals surface area contributed by atoms with Crippen LogP contribution in [0.2, 0.25) is 0 Å². The molecular weight excluding hydrogens is 272 g/mol. The number of carboxylic acids is 1. The van der Waals surface area contributed by atoms with E-state index in [2.05, 4.69) is 17.2 Å². The number of halogens is 1. The molecule has 0 unspecified atom stereocenters. The zero-order valence-electron chi connectivity index (χ0n) is 9.98. The second-order valence-electron chi connectivity index (χ2n) is 3.53. The molecule has 1 rings (SSSR count). The quantitative estimate of drug-likeness (QED) is 0.746. The van der Waals surface area contributed by atoms with Gasteiger partial charge in [0.05, 0.1) is 6.54 Å². The highest BCUT2D eigenvalue weighted by Crippen LogP contribution is 2.15. The minimum atomic E-state index is -1.05. The lowest BCUT2D eigenvalue weighted by Crippen LogP contribution is -2.29. The van der Waals surface area contributed by atoms with Crippen LogP contribution in [0.15, 0.2) is 35.9 Å². The SMILES string of the molecule is C=C(Cl)CNC(=O)Nc1ccc(OCC(=O)O)cc1. The fraction of sp³-hybridized carbons (Fsp3) is 0.167. The maximum atomic E-state index is 11.4. The Kier molecular flexibility index (Phi) is 5.69. The molecule has 19 heavy (non-hydrogen) atoms. The average Bonchev–Trinajstić information content (AvgIpc) is 2.35. The van der Waals surface area contributed by atoms with Crippen LogP contribution in [0.4, 0.5) is 10.5 Å². The highest BCUT2D eigenvalue weighted by molar-refractivity contribution is 6.29. The summed E-state index contributed by atoms with van der Waals surface area (Å²) in [5.41, 5.74) is 0.542. The Morgan fingerprint density at radius 1 is 1.32 bits per heavy atom. The zero-order valence-corrected chi connectivity index (χ0v) is 10.7. The molecule has 0 aliphatic carbocycles. The number of carbonyl (C=O) groups is 2. The molecule has 0 saturated carbocycles. The summed E-state index contributed by atoms with van der Waals surface area (Å²) in [6.07, 6.45) is 0. The van der Waals surface area contributed by atoms with Crippen molar-refractivity contribution in [3.8, 4) is 5.75 Å². The summed E-state index contributed by atoms with van der Waals surface area (Å²) in [6.45, 7) is 3.20. The summed E-state index contributed by atoms with van der Waals surface area (Å²) in [5, 5.41) is 13.8. The number of anilines is 1. The zero-order chi connectivity index (χ0) is 14.3. The lowest BCUT2D eigenvalue weighted by Gasteiger charge is -2.08. The summed E-state index contributed by atoms with van der Waals surface area (Å²) < 4.78 is 4.95. The fourth-order valence-corrected chi connectivity index (χ4v) is 1.20. The third-order valence-corrected chi connectivity index (χ3v) is 2.05. The lowest BCUT2D eigenvalue weighted by molar-refractivity contribution is -0.139. The lowest BCUT2D eigenvalue weighted by atomic mass is 10.3. The maximum absolute atomic E-state index is 11.4. The molecule has 0 aliphatic rings. The third-order valence-electron chi connectivity index (χ3n) is 1.92. The van der Waals surface area contributed by atoms with Gasteiger partial charge in [-0.3, -0.25) is 0 Å². The van der Waals surface area contributed by atoms with Gasteiger partial charge in [0.2, 0.25) is 0 Å². The molecule has 102 valence electrons. The van der Waals surface area contributed by atoms with Gasteiger partial charge in [-0.25, -0.2) is 9.59 Å². The van der Waals surface area contributed by atoms with E-state index in [1.54, 1.807) is 24.3 Å². The molecule has 0 bridgehead atoms. The van der Waals surface area contributed by atoms with Crippen molar-refractivity contribution >= 4 is 29.3 Å². The van der Waals surface area contributed by atoms with E-state index >= 15 is 0 Å². The minimum Gasteiger partial charge on any atom is -0.482 e. The highest BCUT2D eigenvalue weighted by Gasteiger charge is 2.03. The van der Waals surface area contributed by atoms with Gasteiger partial charge in [0.25, 0.3) is 0 Å². The molecule has 3 N–H and O–H groups in total. The van der Waals surface area contributed by atoms with E-state index in [1.807, 2.05) is 0 Å². The molecule has 0 saturated heterocycles. The number of amides is 2. The van der Waals surface area contributed by atoms with Crippen LogP contribution in [-0.4, -0.2) is 30.3 Å². The first-order valence-electron chi connectivity index (χ1n) is 5.30. The molecule has 0 aromatic heterocycles. The molecule has 6 nitrogen and oxygen atoms in total. The Morgan fingerprint density at radius 2 is 1.95 bits per heavy atom. The number of ether oxygens (including phenoxy) is 1. The van der Waals surface area contributed by atoms with Gasteiger partial charge in [0, 0.05) is 10.7 Å². The molecule has 1 aromatic carbocycles. The molecule has 0 atom stereocenters. The highest BCUT2D eigenvalue weighted by atomic mass is 35.5. The van der Waals surface area contributed by atoms with Gasteiger partial charge in [-0.2, -0.15) is 0 Å². The van der Waals surface area contributed by atoms with Crippen molar-refractivity contribution in [3.05, 3.63) is 35.9 Å². The first-order valence-corrected chi connectivity index (χ1v) is 5.68. The average molecular weight is 285 g/mol. The summed E-state index contributed by atoms with van der Waals surface area (Å²) in [4.78, 5) is 21.7. The molecule has 2 amide bonds. The van der Waals surface area contributed by atoms with E-state index in [0.717, 1.165) is 0 Å². The van der Waals surface area contributed by atoms with Crippen molar-refractivity contribution in [1.82, 2.24) is 5.32 Å². The van der Waals surface area contributed by atoms with Crippen molar-refractivity contribution < 1.29 is 19.4 Å². The number of rotatable bonds is 6. The van der Waals surface area contributed by atoms with Gasteiger partial charge >= 0.3 is 12.0 Å². The van der Waals surface area contributed by atoms with Crippen LogP contribution in [0.25, 0.3) is 0 Å². The first kappa shape index (κ1) is 14.8. The minimum absolute atomic E-state index is 0.174. The molecule has 0 heterocycles. The fourth-order valence-electron chi connectivity index (χ4n) is 1.13. The Bertz CT molecular complexity index is 473. The number of hydrogen-bond donors (Lipinski definition) is 3. The van der Waals surface area contributed by atoms with Crippen LogP contribution in [0.5, 0.6) is 5.75 Å². The Labute approximate surface area is 115 Å². The second-order valence-corrected chi connectivity index (χ2v) is 4.07. The van der Waals surface area contributed by atoms with Crippen molar-refractivity contribution in [2.24, 2.45) is 0 Å². The number of benzene rings is 1. The van der Waals surface area contributed by atoms with Gasteiger partial charge in [0.15, 0.2) is 6.61 Å². The monoisotopic (exact) mass is 284 g/mol. The van der Waals surface area contributed by atoms with Crippen molar-refractivity contribution in [3.63, 3.8) is 0 Å². The number of hydrogen-bond acceptors (Lipinski definition) is 3. The maximum Gasteiger partial charge on any atom is 0.341 e. The van der Waals surface area contributed by atoms with Crippen LogP contribution in [-0.2, 0) is 4.79 Å². The standard InChI is InChI=1S/C12H13ClN2O4/c1-8(13)6-14-12(18)15-9-2-4-10(5-3-9)19-7-11(16)17/h2-5H,1,6-7H2,(H,16,17)(H2,14,15,18). The molecule has 0 spiro atoms. The number of urea groups is 1. The number of nitrogens with one attached hydrogen (secondary N) is 2. The van der Waals surface area contributed by atoms with E-state index in [9.17, 15) is 9.59 Å². The van der Waals surface area contributed by atoms with Crippen LogP contribution >= 0.6 is 11.6 Å². The molecule has 0 fully saturated rings. The smallest absolute Gasteiger partial charge is 0.341 e. The number of aliphatic carboxylic acids is 1. The van der Waals surface area contributed by atoms with Gasteiger partial charge in [0.1, 0.15) is 5.75 Å². The van der Waals surface area contributed by atoms with E-state index in [1.165, 1.54) is 0 Å². The predicted molar refractivity (Wildman–Crippen MR) is 71.6 cm³/mol. The van der Waals surface area contributed by atoms with Gasteiger partial charge in [-0.15, -0.1) is 0 Å². The summed E-state index contributed by atoms with van der Waals surface area (Å²) in [6, 6.07) is 5.87. The summed E-state index contributed by atoms with van der Waals surface area (Å²) in [7, 11) is 0. The van der Waals surface area contributed by atoms with Crippen molar-refractivity contribution in [2.45, 2.75) is 0 Å².